The highest BCUT2D eigenvalue weighted by atomic mass is 19.1. The second-order valence-corrected chi connectivity index (χ2v) is 10.4. The predicted molar refractivity (Wildman–Crippen MR) is 169 cm³/mol. The molecule has 208 valence electrons. The third kappa shape index (κ3) is 4.20. The van der Waals surface area contributed by atoms with Gasteiger partial charge in [0.25, 0.3) is 0 Å². The summed E-state index contributed by atoms with van der Waals surface area (Å²) in [7, 11) is 1.25. The van der Waals surface area contributed by atoms with E-state index in [9.17, 15) is 4.79 Å². The van der Waals surface area contributed by atoms with Crippen LogP contribution in [-0.4, -0.2) is 22.9 Å². The molecule has 0 N–H and O–H groups in total. The number of rotatable bonds is 6. The van der Waals surface area contributed by atoms with Gasteiger partial charge in [-0.2, -0.15) is 5.10 Å². The van der Waals surface area contributed by atoms with E-state index >= 15 is 4.39 Å². The van der Waals surface area contributed by atoms with Gasteiger partial charge < -0.3 is 4.74 Å². The lowest BCUT2D eigenvalue weighted by molar-refractivity contribution is 0.0596. The van der Waals surface area contributed by atoms with E-state index in [-0.39, 0.29) is 10.9 Å². The second-order valence-electron chi connectivity index (χ2n) is 10.4. The van der Waals surface area contributed by atoms with Gasteiger partial charge in [0.15, 0.2) is 0 Å². The SMILES string of the molecule is COC(=O)c1ccc2c(c(-c3ccc4ccccc4c3)nn2C(c2ccccc2)(c2ccccc2)c2ccccc2)c1F. The largest absolute Gasteiger partial charge is 0.465 e. The van der Waals surface area contributed by atoms with Crippen molar-refractivity contribution in [2.75, 3.05) is 7.11 Å². The molecule has 43 heavy (non-hydrogen) atoms. The zero-order valence-corrected chi connectivity index (χ0v) is 23.4. The number of fused-ring (bicyclic) bond motifs is 2. The summed E-state index contributed by atoms with van der Waals surface area (Å²) < 4.78 is 23.5. The number of benzene rings is 6. The third-order valence-electron chi connectivity index (χ3n) is 8.11. The number of nitrogens with zero attached hydrogens (tertiary/aromatic N) is 2. The van der Waals surface area contributed by atoms with Crippen LogP contribution in [0.5, 0.6) is 0 Å². The van der Waals surface area contributed by atoms with Crippen molar-refractivity contribution in [3.63, 3.8) is 0 Å². The minimum absolute atomic E-state index is 0.138. The van der Waals surface area contributed by atoms with E-state index in [0.717, 1.165) is 33.0 Å². The molecule has 0 aliphatic heterocycles. The summed E-state index contributed by atoms with van der Waals surface area (Å²) >= 11 is 0. The Kier molecular flexibility index (Phi) is 6.55. The number of methoxy groups -OCH3 is 1. The molecular weight excluding hydrogens is 535 g/mol. The highest BCUT2D eigenvalue weighted by Gasteiger charge is 2.41. The van der Waals surface area contributed by atoms with E-state index in [1.54, 1.807) is 6.07 Å². The Bertz CT molecular complexity index is 1990. The van der Waals surface area contributed by atoms with Gasteiger partial charge in [0.1, 0.15) is 17.1 Å². The van der Waals surface area contributed by atoms with E-state index in [0.29, 0.717) is 11.2 Å². The van der Waals surface area contributed by atoms with Crippen molar-refractivity contribution >= 4 is 27.6 Å². The van der Waals surface area contributed by atoms with Gasteiger partial charge in [-0.15, -0.1) is 0 Å². The Labute approximate surface area is 248 Å². The Balaban J connectivity index is 1.66. The number of halogens is 1. The molecule has 5 heteroatoms. The fourth-order valence-corrected chi connectivity index (χ4v) is 6.14. The van der Waals surface area contributed by atoms with Gasteiger partial charge >= 0.3 is 5.97 Å². The quantitative estimate of drug-likeness (QED) is 0.151. The van der Waals surface area contributed by atoms with Gasteiger partial charge in [-0.25, -0.2) is 13.9 Å². The number of esters is 1. The number of hydrogen-bond acceptors (Lipinski definition) is 3. The lowest BCUT2D eigenvalue weighted by atomic mass is 9.77. The fraction of sp³-hybridized carbons (Fsp3) is 0.0526. The average molecular weight is 563 g/mol. The molecule has 0 radical (unpaired) electrons. The summed E-state index contributed by atoms with van der Waals surface area (Å²) in [4.78, 5) is 12.7. The van der Waals surface area contributed by atoms with Gasteiger partial charge in [0.05, 0.1) is 23.6 Å². The maximum absolute atomic E-state index is 16.6. The van der Waals surface area contributed by atoms with Crippen molar-refractivity contribution in [1.82, 2.24) is 9.78 Å². The van der Waals surface area contributed by atoms with Crippen LogP contribution in [0, 0.1) is 5.82 Å². The first-order valence-electron chi connectivity index (χ1n) is 14.1. The van der Waals surface area contributed by atoms with Crippen molar-refractivity contribution in [3.05, 3.63) is 174 Å². The third-order valence-corrected chi connectivity index (χ3v) is 8.11. The van der Waals surface area contributed by atoms with Crippen LogP contribution in [0.15, 0.2) is 146 Å². The number of carbonyl (C=O) groups excluding carboxylic acids is 1. The Hall–Kier alpha value is -5.55. The number of carbonyl (C=O) groups is 1. The molecule has 1 heterocycles. The van der Waals surface area contributed by atoms with Crippen LogP contribution in [0.3, 0.4) is 0 Å². The van der Waals surface area contributed by atoms with Crippen molar-refractivity contribution in [3.8, 4) is 11.3 Å². The zero-order valence-electron chi connectivity index (χ0n) is 23.4. The molecule has 0 unspecified atom stereocenters. The van der Waals surface area contributed by atoms with Crippen LogP contribution >= 0.6 is 0 Å². The molecule has 7 rings (SSSR count). The van der Waals surface area contributed by atoms with Gasteiger partial charge in [0, 0.05) is 5.56 Å². The van der Waals surface area contributed by atoms with Crippen molar-refractivity contribution in [1.29, 1.82) is 0 Å². The van der Waals surface area contributed by atoms with E-state index in [4.69, 9.17) is 9.84 Å². The molecule has 1 aromatic heterocycles. The topological polar surface area (TPSA) is 44.1 Å². The minimum Gasteiger partial charge on any atom is -0.465 e. The van der Waals surface area contributed by atoms with Crippen LogP contribution < -0.4 is 0 Å². The molecule has 6 aromatic carbocycles. The Morgan fingerprint density at radius 1 is 0.674 bits per heavy atom. The molecule has 4 nitrogen and oxygen atoms in total. The first-order valence-corrected chi connectivity index (χ1v) is 14.1. The fourth-order valence-electron chi connectivity index (χ4n) is 6.14. The molecule has 0 saturated heterocycles. The van der Waals surface area contributed by atoms with Crippen LogP contribution in [0.2, 0.25) is 0 Å². The van der Waals surface area contributed by atoms with E-state index in [1.807, 2.05) is 102 Å². The monoisotopic (exact) mass is 562 g/mol. The molecule has 0 atom stereocenters. The standard InChI is InChI=1S/C38H27FN2O2/c1-43-37(42)32-23-24-33-34(35(32)39)36(28-22-21-26-13-11-12-14-27(26)25-28)40-41(33)38(29-15-5-2-6-16-29,30-17-7-3-8-18-30)31-19-9-4-10-20-31/h2-25H,1H3. The highest BCUT2D eigenvalue weighted by Crippen LogP contribution is 2.45. The zero-order chi connectivity index (χ0) is 29.4. The molecule has 0 amide bonds. The van der Waals surface area contributed by atoms with Crippen LogP contribution in [0.1, 0.15) is 27.0 Å². The highest BCUT2D eigenvalue weighted by molar-refractivity contribution is 6.02. The molecule has 7 aromatic rings. The Morgan fingerprint density at radius 3 is 1.77 bits per heavy atom. The van der Waals surface area contributed by atoms with E-state index in [1.165, 1.54) is 13.2 Å². The Morgan fingerprint density at radius 2 is 1.21 bits per heavy atom. The predicted octanol–water partition coefficient (Wildman–Crippen LogP) is 8.62. The summed E-state index contributed by atoms with van der Waals surface area (Å²) in [5.41, 5.74) is 3.49. The minimum atomic E-state index is -0.976. The normalized spacial score (nSPS) is 11.6. The van der Waals surface area contributed by atoms with E-state index < -0.39 is 17.3 Å². The number of hydrogen-bond donors (Lipinski definition) is 0. The lowest BCUT2D eigenvalue weighted by Crippen LogP contribution is -2.38. The first kappa shape index (κ1) is 26.4. The molecule has 0 saturated carbocycles. The van der Waals surface area contributed by atoms with Crippen molar-refractivity contribution < 1.29 is 13.9 Å². The molecule has 0 spiro atoms. The molecular formula is C38H27FN2O2. The van der Waals surface area contributed by atoms with Crippen molar-refractivity contribution in [2.24, 2.45) is 0 Å². The van der Waals surface area contributed by atoms with Crippen LogP contribution in [-0.2, 0) is 10.3 Å². The van der Waals surface area contributed by atoms with Gasteiger partial charge in [0.2, 0.25) is 0 Å². The number of aromatic nitrogens is 2. The summed E-state index contributed by atoms with van der Waals surface area (Å²) in [5, 5.41) is 7.61. The summed E-state index contributed by atoms with van der Waals surface area (Å²) in [5.74, 6) is -1.40. The number of ether oxygens (including phenoxy) is 1. The van der Waals surface area contributed by atoms with E-state index in [2.05, 4.69) is 36.4 Å². The first-order chi connectivity index (χ1) is 21.1. The molecule has 0 fully saturated rings. The maximum Gasteiger partial charge on any atom is 0.340 e. The van der Waals surface area contributed by atoms with Crippen molar-refractivity contribution in [2.45, 2.75) is 5.54 Å². The summed E-state index contributed by atoms with van der Waals surface area (Å²) in [6.45, 7) is 0. The summed E-state index contributed by atoms with van der Waals surface area (Å²) in [6.07, 6.45) is 0. The van der Waals surface area contributed by atoms with Crippen LogP contribution in [0.4, 0.5) is 4.39 Å². The molecule has 0 aliphatic rings. The summed E-state index contributed by atoms with van der Waals surface area (Å²) in [6, 6.07) is 47.6. The average Bonchev–Trinajstić information content (AvgIpc) is 3.47. The molecule has 0 bridgehead atoms. The second kappa shape index (κ2) is 10.7. The smallest absolute Gasteiger partial charge is 0.340 e. The van der Waals surface area contributed by atoms with Gasteiger partial charge in [-0.3, -0.25) is 0 Å². The lowest BCUT2D eigenvalue weighted by Gasteiger charge is -2.37. The molecule has 0 aliphatic carbocycles. The van der Waals surface area contributed by atoms with Gasteiger partial charge in [-0.1, -0.05) is 127 Å². The maximum atomic E-state index is 16.6. The van der Waals surface area contributed by atoms with Crippen LogP contribution in [0.25, 0.3) is 32.9 Å². The van der Waals surface area contributed by atoms with Gasteiger partial charge in [-0.05, 0) is 45.7 Å².